The molecule has 2 aliphatic carbocycles. The van der Waals surface area contributed by atoms with Crippen LogP contribution in [-0.2, 0) is 9.59 Å². The number of aliphatic carboxylic acids is 1. The molecule has 0 spiro atoms. The van der Waals surface area contributed by atoms with Crippen LogP contribution in [0.1, 0.15) is 6.42 Å². The third-order valence-electron chi connectivity index (χ3n) is 5.91. The van der Waals surface area contributed by atoms with Gasteiger partial charge in [0.05, 0.1) is 28.2 Å². The monoisotopic (exact) mass is 490 g/mol. The number of benzene rings is 1. The van der Waals surface area contributed by atoms with E-state index in [1.807, 2.05) is 12.2 Å². The number of carboxylic acid groups (broad SMARTS) is 1. The van der Waals surface area contributed by atoms with Crippen LogP contribution in [0.25, 0.3) is 10.2 Å². The van der Waals surface area contributed by atoms with Crippen molar-refractivity contribution in [2.24, 2.45) is 23.7 Å². The number of amides is 1. The van der Waals surface area contributed by atoms with E-state index in [2.05, 4.69) is 25.3 Å². The number of hydrogen-bond donors (Lipinski definition) is 3. The van der Waals surface area contributed by atoms with E-state index in [1.54, 1.807) is 18.2 Å². The molecule has 1 fully saturated rings. The fourth-order valence-electron chi connectivity index (χ4n) is 4.56. The van der Waals surface area contributed by atoms with Gasteiger partial charge in [0, 0.05) is 5.69 Å². The molecule has 3 N–H and O–H groups in total. The van der Waals surface area contributed by atoms with Crippen molar-refractivity contribution in [3.63, 3.8) is 0 Å². The Morgan fingerprint density at radius 2 is 1.88 bits per heavy atom. The van der Waals surface area contributed by atoms with Crippen LogP contribution in [0.15, 0.2) is 48.7 Å². The summed E-state index contributed by atoms with van der Waals surface area (Å²) in [4.78, 5) is 32.9. The summed E-state index contributed by atoms with van der Waals surface area (Å²) in [6.07, 6.45) is 0.639. The Morgan fingerprint density at radius 3 is 2.56 bits per heavy atom. The standard InChI is InChI=1S/C22H17F3N4O4S/c23-22(24,25)33-13-4-6-16(26-9-13)27-12-3-5-14-15(8-12)34-21(28-14)29-19(30)17-10-1-2-11(7-10)18(17)20(31)32/h1-6,8-11,17-18H,7H2,(H,26,27)(H,31,32)(H,28,29,30). The van der Waals surface area contributed by atoms with Crippen molar-refractivity contribution in [2.75, 3.05) is 10.6 Å². The van der Waals surface area contributed by atoms with Gasteiger partial charge in [0.15, 0.2) is 5.13 Å². The molecular formula is C22H17F3N4O4S. The zero-order valence-corrected chi connectivity index (χ0v) is 18.1. The van der Waals surface area contributed by atoms with Gasteiger partial charge in [-0.3, -0.25) is 9.59 Å². The maximum Gasteiger partial charge on any atom is 0.573 e. The van der Waals surface area contributed by atoms with Crippen LogP contribution in [0.5, 0.6) is 5.75 Å². The molecule has 3 aromatic rings. The molecule has 2 heterocycles. The number of carbonyl (C=O) groups is 2. The summed E-state index contributed by atoms with van der Waals surface area (Å²) >= 11 is 1.23. The smallest absolute Gasteiger partial charge is 0.481 e. The molecule has 12 heteroatoms. The summed E-state index contributed by atoms with van der Waals surface area (Å²) in [7, 11) is 0. The van der Waals surface area contributed by atoms with E-state index in [4.69, 9.17) is 0 Å². The minimum Gasteiger partial charge on any atom is -0.481 e. The third kappa shape index (κ3) is 4.40. The van der Waals surface area contributed by atoms with E-state index in [0.717, 1.165) is 17.0 Å². The van der Waals surface area contributed by atoms with E-state index >= 15 is 0 Å². The number of thiazole rings is 1. The number of nitrogens with one attached hydrogen (secondary N) is 2. The first-order valence-electron chi connectivity index (χ1n) is 10.3. The maximum atomic E-state index is 12.9. The van der Waals surface area contributed by atoms with Crippen LogP contribution in [0.4, 0.5) is 29.8 Å². The summed E-state index contributed by atoms with van der Waals surface area (Å²) in [5.41, 5.74) is 1.26. The van der Waals surface area contributed by atoms with Crippen LogP contribution in [0, 0.1) is 23.7 Å². The molecule has 0 aliphatic heterocycles. The Morgan fingerprint density at radius 1 is 1.12 bits per heavy atom. The highest BCUT2D eigenvalue weighted by atomic mass is 32.1. The summed E-state index contributed by atoms with van der Waals surface area (Å²) in [5.74, 6) is -3.01. The predicted molar refractivity (Wildman–Crippen MR) is 118 cm³/mol. The number of ether oxygens (including phenoxy) is 1. The van der Waals surface area contributed by atoms with Crippen LogP contribution >= 0.6 is 11.3 Å². The molecule has 4 unspecified atom stereocenters. The first-order chi connectivity index (χ1) is 16.2. The van der Waals surface area contributed by atoms with Gasteiger partial charge < -0.3 is 20.5 Å². The maximum absolute atomic E-state index is 12.9. The van der Waals surface area contributed by atoms with E-state index in [-0.39, 0.29) is 17.7 Å². The van der Waals surface area contributed by atoms with E-state index in [9.17, 15) is 27.9 Å². The molecule has 1 aromatic carbocycles. The Bertz CT molecular complexity index is 1290. The average Bonchev–Trinajstić information content (AvgIpc) is 3.47. The minimum absolute atomic E-state index is 0.0864. The predicted octanol–water partition coefficient (Wildman–Crippen LogP) is 4.79. The first kappa shape index (κ1) is 22.1. The lowest BCUT2D eigenvalue weighted by Crippen LogP contribution is -2.36. The van der Waals surface area contributed by atoms with Crippen molar-refractivity contribution in [3.8, 4) is 5.75 Å². The highest BCUT2D eigenvalue weighted by Crippen LogP contribution is 2.48. The number of rotatable bonds is 6. The minimum atomic E-state index is -4.79. The zero-order valence-electron chi connectivity index (χ0n) is 17.2. The molecule has 2 aromatic heterocycles. The number of anilines is 3. The van der Waals surface area contributed by atoms with Gasteiger partial charge in [0.1, 0.15) is 11.6 Å². The van der Waals surface area contributed by atoms with Gasteiger partial charge in [-0.2, -0.15) is 0 Å². The molecule has 2 aliphatic rings. The van der Waals surface area contributed by atoms with Gasteiger partial charge in [0.2, 0.25) is 5.91 Å². The quantitative estimate of drug-likeness (QED) is 0.426. The van der Waals surface area contributed by atoms with Gasteiger partial charge >= 0.3 is 12.3 Å². The fourth-order valence-corrected chi connectivity index (χ4v) is 5.47. The van der Waals surface area contributed by atoms with Crippen LogP contribution in [-0.4, -0.2) is 33.3 Å². The average molecular weight is 490 g/mol. The summed E-state index contributed by atoms with van der Waals surface area (Å²) in [5, 5.41) is 15.7. The molecule has 34 heavy (non-hydrogen) atoms. The number of halogens is 3. The van der Waals surface area contributed by atoms with E-state index in [1.165, 1.54) is 17.4 Å². The molecule has 1 saturated carbocycles. The molecule has 2 bridgehead atoms. The van der Waals surface area contributed by atoms with Crippen molar-refractivity contribution in [1.29, 1.82) is 0 Å². The highest BCUT2D eigenvalue weighted by molar-refractivity contribution is 7.22. The third-order valence-corrected chi connectivity index (χ3v) is 6.84. The molecule has 1 amide bonds. The molecule has 4 atom stereocenters. The highest BCUT2D eigenvalue weighted by Gasteiger charge is 2.51. The zero-order chi connectivity index (χ0) is 24.0. The molecular weight excluding hydrogens is 473 g/mol. The second kappa shape index (κ2) is 8.28. The van der Waals surface area contributed by atoms with Crippen LogP contribution in [0.3, 0.4) is 0 Å². The lowest BCUT2D eigenvalue weighted by atomic mass is 9.82. The van der Waals surface area contributed by atoms with Crippen molar-refractivity contribution in [3.05, 3.63) is 48.7 Å². The van der Waals surface area contributed by atoms with Gasteiger partial charge in [0.25, 0.3) is 0 Å². The molecule has 5 rings (SSSR count). The molecule has 8 nitrogen and oxygen atoms in total. The van der Waals surface area contributed by atoms with Crippen molar-refractivity contribution in [2.45, 2.75) is 12.8 Å². The van der Waals surface area contributed by atoms with Crippen molar-refractivity contribution < 1.29 is 32.6 Å². The summed E-state index contributed by atoms with van der Waals surface area (Å²) in [6.45, 7) is 0. The first-order valence-corrected chi connectivity index (χ1v) is 11.1. The van der Waals surface area contributed by atoms with Gasteiger partial charge in [-0.1, -0.05) is 23.5 Å². The van der Waals surface area contributed by atoms with E-state index < -0.39 is 29.9 Å². The van der Waals surface area contributed by atoms with Gasteiger partial charge in [-0.05, 0) is 48.6 Å². The SMILES string of the molecule is O=C(O)C1C2C=CC(C2)C1C(=O)Nc1nc2ccc(Nc3ccc(OC(F)(F)F)cn3)cc2s1. The van der Waals surface area contributed by atoms with Crippen molar-refractivity contribution >= 4 is 50.1 Å². The molecule has 176 valence electrons. The van der Waals surface area contributed by atoms with Gasteiger partial charge in [-0.15, -0.1) is 13.2 Å². The number of carboxylic acids is 1. The largest absolute Gasteiger partial charge is 0.573 e. The number of aromatic nitrogens is 2. The number of nitrogens with zero attached hydrogens (tertiary/aromatic N) is 2. The van der Waals surface area contributed by atoms with E-state index in [0.29, 0.717) is 28.6 Å². The second-order valence-electron chi connectivity index (χ2n) is 8.08. The van der Waals surface area contributed by atoms with Gasteiger partial charge in [-0.25, -0.2) is 9.97 Å². The molecule has 0 saturated heterocycles. The number of carbonyl (C=O) groups excluding carboxylic acids is 1. The number of alkyl halides is 3. The summed E-state index contributed by atoms with van der Waals surface area (Å²) in [6, 6.07) is 7.72. The summed E-state index contributed by atoms with van der Waals surface area (Å²) < 4.78 is 41.4. The molecule has 0 radical (unpaired) electrons. The fraction of sp³-hybridized carbons (Fsp3) is 0.273. The Kier molecular flexibility index (Phi) is 5.39. The Hall–Kier alpha value is -3.67. The second-order valence-corrected chi connectivity index (χ2v) is 9.11. The number of hydrogen-bond acceptors (Lipinski definition) is 7. The van der Waals surface area contributed by atoms with Crippen molar-refractivity contribution in [1.82, 2.24) is 9.97 Å². The topological polar surface area (TPSA) is 113 Å². The van der Waals surface area contributed by atoms with Crippen LogP contribution in [0.2, 0.25) is 0 Å². The number of fused-ring (bicyclic) bond motifs is 3. The Labute approximate surface area is 194 Å². The number of allylic oxidation sites excluding steroid dienone is 2. The Balaban J connectivity index is 1.28. The lowest BCUT2D eigenvalue weighted by molar-refractivity contribution is -0.274. The van der Waals surface area contributed by atoms with Crippen LogP contribution < -0.4 is 15.4 Å². The number of pyridine rings is 1. The lowest BCUT2D eigenvalue weighted by Gasteiger charge is -2.23. The normalized spacial score (nSPS) is 23.3.